The monoisotopic (exact) mass is 406 g/mol. The highest BCUT2D eigenvalue weighted by atomic mass is 32.2. The average Bonchev–Trinajstić information content (AvgIpc) is 2.55. The molecular weight excluding hydrogens is 380 g/mol. The Morgan fingerprint density at radius 1 is 1.19 bits per heavy atom. The lowest BCUT2D eigenvalue weighted by Crippen LogP contribution is -2.40. The van der Waals surface area contributed by atoms with E-state index < -0.39 is 20.0 Å². The molecule has 0 spiro atoms. The molecule has 0 bridgehead atoms. The third-order valence-corrected chi connectivity index (χ3v) is 7.21. The van der Waals surface area contributed by atoms with Crippen LogP contribution in [0.25, 0.3) is 0 Å². The van der Waals surface area contributed by atoms with E-state index in [0.717, 1.165) is 0 Å². The van der Waals surface area contributed by atoms with Crippen LogP contribution < -0.4 is 9.46 Å². The first-order valence-corrected chi connectivity index (χ1v) is 11.6. The van der Waals surface area contributed by atoms with Crippen molar-refractivity contribution in [2.75, 3.05) is 43.4 Å². The van der Waals surface area contributed by atoms with Crippen LogP contribution in [0.3, 0.4) is 0 Å². The van der Waals surface area contributed by atoms with E-state index in [1.165, 1.54) is 22.5 Å². The van der Waals surface area contributed by atoms with Crippen molar-refractivity contribution >= 4 is 25.7 Å². The molecule has 0 unspecified atom stereocenters. The van der Waals surface area contributed by atoms with Crippen molar-refractivity contribution in [1.29, 1.82) is 0 Å². The number of rotatable bonds is 8. The molecule has 1 aromatic rings. The van der Waals surface area contributed by atoms with E-state index in [-0.39, 0.29) is 35.3 Å². The van der Waals surface area contributed by atoms with Gasteiger partial charge in [-0.15, -0.1) is 0 Å². The van der Waals surface area contributed by atoms with E-state index in [2.05, 4.69) is 4.72 Å². The number of nitrogens with one attached hydrogen (secondary N) is 1. The summed E-state index contributed by atoms with van der Waals surface area (Å²) in [4.78, 5) is 0.0186. The lowest BCUT2D eigenvalue weighted by atomic mass is 10.3. The number of morpholine rings is 1. The zero-order valence-corrected chi connectivity index (χ0v) is 16.9. The lowest BCUT2D eigenvalue weighted by Gasteiger charge is -2.26. The SMILES string of the molecule is CCOc1ccc(S(=O)(=O)N2CCOCC2)cc1NS(=O)(=O)CC(C)C. The van der Waals surface area contributed by atoms with Crippen LogP contribution in [0.15, 0.2) is 23.1 Å². The number of nitrogens with zero attached hydrogens (tertiary/aromatic N) is 1. The third kappa shape index (κ3) is 5.32. The second kappa shape index (κ2) is 8.55. The van der Waals surface area contributed by atoms with Crippen LogP contribution in [0.1, 0.15) is 20.8 Å². The van der Waals surface area contributed by atoms with Gasteiger partial charge in [0.05, 0.1) is 36.2 Å². The molecule has 1 aliphatic rings. The minimum atomic E-state index is -3.73. The van der Waals surface area contributed by atoms with Gasteiger partial charge in [-0.2, -0.15) is 4.31 Å². The predicted molar refractivity (Wildman–Crippen MR) is 99.4 cm³/mol. The fraction of sp³-hybridized carbons (Fsp3) is 0.625. The fourth-order valence-electron chi connectivity index (χ4n) is 2.61. The minimum Gasteiger partial charge on any atom is -0.492 e. The summed E-state index contributed by atoms with van der Waals surface area (Å²) in [6, 6.07) is 4.22. The number of ether oxygens (including phenoxy) is 2. The van der Waals surface area contributed by atoms with Crippen molar-refractivity contribution in [3.05, 3.63) is 18.2 Å². The largest absolute Gasteiger partial charge is 0.492 e. The van der Waals surface area contributed by atoms with Gasteiger partial charge in [0.2, 0.25) is 20.0 Å². The normalized spacial score (nSPS) is 16.6. The van der Waals surface area contributed by atoms with Crippen LogP contribution in [0.2, 0.25) is 0 Å². The Morgan fingerprint density at radius 3 is 2.42 bits per heavy atom. The molecule has 0 aliphatic carbocycles. The van der Waals surface area contributed by atoms with Crippen LogP contribution >= 0.6 is 0 Å². The summed E-state index contributed by atoms with van der Waals surface area (Å²) in [6.07, 6.45) is 0. The van der Waals surface area contributed by atoms with Crippen molar-refractivity contribution < 1.29 is 26.3 Å². The van der Waals surface area contributed by atoms with Gasteiger partial charge >= 0.3 is 0 Å². The van der Waals surface area contributed by atoms with Crippen molar-refractivity contribution in [2.24, 2.45) is 5.92 Å². The summed E-state index contributed by atoms with van der Waals surface area (Å²) in [6.45, 7) is 6.89. The number of benzene rings is 1. The maximum Gasteiger partial charge on any atom is 0.243 e. The van der Waals surface area contributed by atoms with Crippen LogP contribution in [0.5, 0.6) is 5.75 Å². The zero-order chi connectivity index (χ0) is 19.4. The van der Waals surface area contributed by atoms with E-state index in [9.17, 15) is 16.8 Å². The van der Waals surface area contributed by atoms with Gasteiger partial charge in [0.1, 0.15) is 5.75 Å². The third-order valence-electron chi connectivity index (χ3n) is 3.68. The summed E-state index contributed by atoms with van der Waals surface area (Å²) in [7, 11) is -7.35. The Kier molecular flexibility index (Phi) is 6.89. The van der Waals surface area contributed by atoms with Gasteiger partial charge in [-0.1, -0.05) is 13.8 Å². The van der Waals surface area contributed by atoms with Gasteiger partial charge in [-0.3, -0.25) is 4.72 Å². The molecule has 1 aliphatic heterocycles. The maximum absolute atomic E-state index is 12.8. The van der Waals surface area contributed by atoms with Gasteiger partial charge in [-0.05, 0) is 31.0 Å². The molecule has 148 valence electrons. The second-order valence-corrected chi connectivity index (χ2v) is 10.1. The zero-order valence-electron chi connectivity index (χ0n) is 15.3. The van der Waals surface area contributed by atoms with Gasteiger partial charge in [0.25, 0.3) is 0 Å². The van der Waals surface area contributed by atoms with E-state index in [1.807, 2.05) is 0 Å². The average molecular weight is 407 g/mol. The van der Waals surface area contributed by atoms with E-state index >= 15 is 0 Å². The van der Waals surface area contributed by atoms with E-state index in [0.29, 0.717) is 25.6 Å². The highest BCUT2D eigenvalue weighted by Gasteiger charge is 2.27. The summed E-state index contributed by atoms with van der Waals surface area (Å²) in [5.74, 6) is 0.156. The predicted octanol–water partition coefficient (Wildman–Crippen LogP) is 1.50. The Labute approximate surface area is 155 Å². The molecule has 1 N–H and O–H groups in total. The minimum absolute atomic E-state index is 0.0186. The van der Waals surface area contributed by atoms with Gasteiger partial charge in [0.15, 0.2) is 0 Å². The van der Waals surface area contributed by atoms with E-state index in [4.69, 9.17) is 9.47 Å². The van der Waals surface area contributed by atoms with Crippen LogP contribution in [-0.4, -0.2) is 59.8 Å². The highest BCUT2D eigenvalue weighted by molar-refractivity contribution is 7.92. The summed E-state index contributed by atoms with van der Waals surface area (Å²) < 4.78 is 64.6. The number of sulfonamides is 2. The molecule has 1 fully saturated rings. The Hall–Kier alpha value is -1.36. The first kappa shape index (κ1) is 20.9. The molecular formula is C16H26N2O6S2. The summed E-state index contributed by atoms with van der Waals surface area (Å²) in [5, 5.41) is 0. The van der Waals surface area contributed by atoms with Crippen molar-refractivity contribution in [3.8, 4) is 5.75 Å². The number of anilines is 1. The van der Waals surface area contributed by atoms with Crippen LogP contribution in [0, 0.1) is 5.92 Å². The van der Waals surface area contributed by atoms with E-state index in [1.54, 1.807) is 20.8 Å². The molecule has 10 heteroatoms. The fourth-order valence-corrected chi connectivity index (χ4v) is 5.51. The van der Waals surface area contributed by atoms with Gasteiger partial charge < -0.3 is 9.47 Å². The van der Waals surface area contributed by atoms with Gasteiger partial charge in [0, 0.05) is 13.1 Å². The topological polar surface area (TPSA) is 102 Å². The first-order valence-electron chi connectivity index (χ1n) is 8.51. The molecule has 0 amide bonds. The van der Waals surface area contributed by atoms with Crippen molar-refractivity contribution in [1.82, 2.24) is 4.31 Å². The highest BCUT2D eigenvalue weighted by Crippen LogP contribution is 2.30. The summed E-state index contributed by atoms with van der Waals surface area (Å²) >= 11 is 0. The summed E-state index contributed by atoms with van der Waals surface area (Å²) in [5.41, 5.74) is 0.127. The molecule has 1 aromatic carbocycles. The second-order valence-electron chi connectivity index (χ2n) is 6.38. The smallest absolute Gasteiger partial charge is 0.243 e. The molecule has 8 nitrogen and oxygen atoms in total. The maximum atomic E-state index is 12.8. The molecule has 26 heavy (non-hydrogen) atoms. The molecule has 1 saturated heterocycles. The molecule has 0 aromatic heterocycles. The standard InChI is InChI=1S/C16H26N2O6S2/c1-4-24-16-6-5-14(26(21,22)18-7-9-23-10-8-18)11-15(16)17-25(19,20)12-13(2)3/h5-6,11,13,17H,4,7-10,12H2,1-3H3. The Morgan fingerprint density at radius 2 is 1.85 bits per heavy atom. The molecule has 2 rings (SSSR count). The molecule has 1 heterocycles. The van der Waals surface area contributed by atoms with Crippen LogP contribution in [0.4, 0.5) is 5.69 Å². The molecule has 0 saturated carbocycles. The van der Waals surface area contributed by atoms with Crippen LogP contribution in [-0.2, 0) is 24.8 Å². The molecule has 0 radical (unpaired) electrons. The number of hydrogen-bond acceptors (Lipinski definition) is 6. The Bertz CT molecular complexity index is 815. The van der Waals surface area contributed by atoms with Crippen molar-refractivity contribution in [2.45, 2.75) is 25.7 Å². The first-order chi connectivity index (χ1) is 12.2. The lowest BCUT2D eigenvalue weighted by molar-refractivity contribution is 0.0730. The van der Waals surface area contributed by atoms with Gasteiger partial charge in [-0.25, -0.2) is 16.8 Å². The Balaban J connectivity index is 2.38. The molecule has 0 atom stereocenters. The quantitative estimate of drug-likeness (QED) is 0.702. The van der Waals surface area contributed by atoms with Crippen molar-refractivity contribution in [3.63, 3.8) is 0 Å². The number of hydrogen-bond donors (Lipinski definition) is 1.